The van der Waals surface area contributed by atoms with Crippen LogP contribution >= 0.6 is 0 Å². The Balaban J connectivity index is 1.83. The lowest BCUT2D eigenvalue weighted by Gasteiger charge is -1.90. The number of benzene rings is 1. The minimum Gasteiger partial charge on any atom is -0.459 e. The summed E-state index contributed by atoms with van der Waals surface area (Å²) in [4.78, 5) is 0. The SMILES string of the molecule is Cc1ccc(C#Cc2nnc(-c3ccco3)o2)cc1. The molecule has 2 aromatic heterocycles. The van der Waals surface area contributed by atoms with E-state index < -0.39 is 0 Å². The maximum atomic E-state index is 5.38. The van der Waals surface area contributed by atoms with Crippen LogP contribution in [0.1, 0.15) is 17.0 Å². The molecule has 0 spiro atoms. The predicted octanol–water partition coefficient (Wildman–Crippen LogP) is 3.04. The van der Waals surface area contributed by atoms with Crippen LogP contribution in [-0.4, -0.2) is 10.2 Å². The molecule has 4 nitrogen and oxygen atoms in total. The first-order valence-corrected chi connectivity index (χ1v) is 5.77. The second kappa shape index (κ2) is 4.83. The van der Waals surface area contributed by atoms with Gasteiger partial charge in [0.2, 0.25) is 0 Å². The number of rotatable bonds is 1. The predicted molar refractivity (Wildman–Crippen MR) is 69.2 cm³/mol. The molecule has 19 heavy (non-hydrogen) atoms. The zero-order valence-electron chi connectivity index (χ0n) is 10.3. The zero-order valence-corrected chi connectivity index (χ0v) is 10.3. The molecule has 0 radical (unpaired) electrons. The lowest BCUT2D eigenvalue weighted by molar-refractivity contribution is 0.509. The number of nitrogens with zero attached hydrogens (tertiary/aromatic N) is 2. The van der Waals surface area contributed by atoms with Gasteiger partial charge in [0.05, 0.1) is 6.26 Å². The summed E-state index contributed by atoms with van der Waals surface area (Å²) in [6, 6.07) is 11.4. The van der Waals surface area contributed by atoms with Gasteiger partial charge in [-0.05, 0) is 37.1 Å². The second-order valence-corrected chi connectivity index (χ2v) is 4.01. The van der Waals surface area contributed by atoms with Crippen LogP contribution in [0.3, 0.4) is 0 Å². The number of hydrogen-bond donors (Lipinski definition) is 0. The summed E-state index contributed by atoms with van der Waals surface area (Å²) < 4.78 is 10.5. The number of aromatic nitrogens is 2. The van der Waals surface area contributed by atoms with Crippen molar-refractivity contribution in [3.63, 3.8) is 0 Å². The van der Waals surface area contributed by atoms with Crippen LogP contribution in [-0.2, 0) is 0 Å². The molecule has 92 valence electrons. The van der Waals surface area contributed by atoms with E-state index in [1.54, 1.807) is 18.4 Å². The van der Waals surface area contributed by atoms with Gasteiger partial charge in [0.1, 0.15) is 0 Å². The van der Waals surface area contributed by atoms with Crippen molar-refractivity contribution in [3.05, 3.63) is 59.7 Å². The average molecular weight is 250 g/mol. The fourth-order valence-corrected chi connectivity index (χ4v) is 1.54. The topological polar surface area (TPSA) is 52.1 Å². The molecule has 0 atom stereocenters. The molecule has 0 aliphatic heterocycles. The Morgan fingerprint density at radius 2 is 1.84 bits per heavy atom. The molecule has 0 unspecified atom stereocenters. The van der Waals surface area contributed by atoms with E-state index in [0.29, 0.717) is 11.7 Å². The van der Waals surface area contributed by atoms with Crippen LogP contribution in [0.15, 0.2) is 51.5 Å². The van der Waals surface area contributed by atoms with Crippen molar-refractivity contribution in [2.75, 3.05) is 0 Å². The van der Waals surface area contributed by atoms with Crippen LogP contribution in [0.2, 0.25) is 0 Å². The standard InChI is InChI=1S/C15H10N2O2/c1-11-4-6-12(7-5-11)8-9-14-16-17-15(19-14)13-3-2-10-18-13/h2-7,10H,1H3. The Morgan fingerprint density at radius 1 is 1.00 bits per heavy atom. The fourth-order valence-electron chi connectivity index (χ4n) is 1.54. The molecule has 3 aromatic rings. The molecule has 3 rings (SSSR count). The summed E-state index contributed by atoms with van der Waals surface area (Å²) in [6.45, 7) is 2.03. The molecule has 0 aliphatic rings. The van der Waals surface area contributed by atoms with Gasteiger partial charge in [-0.1, -0.05) is 28.7 Å². The Hall–Kier alpha value is -2.80. The highest BCUT2D eigenvalue weighted by Crippen LogP contribution is 2.17. The number of furan rings is 1. The Labute approximate surface area is 110 Å². The van der Waals surface area contributed by atoms with E-state index in [1.807, 2.05) is 31.2 Å². The summed E-state index contributed by atoms with van der Waals surface area (Å²) in [5.41, 5.74) is 2.10. The first-order valence-electron chi connectivity index (χ1n) is 5.77. The minimum atomic E-state index is 0.270. The van der Waals surface area contributed by atoms with Gasteiger partial charge in [0.15, 0.2) is 5.76 Å². The summed E-state index contributed by atoms with van der Waals surface area (Å²) >= 11 is 0. The van der Waals surface area contributed by atoms with Gasteiger partial charge >= 0.3 is 0 Å². The van der Waals surface area contributed by atoms with E-state index in [9.17, 15) is 0 Å². The van der Waals surface area contributed by atoms with E-state index in [-0.39, 0.29) is 5.89 Å². The normalized spacial score (nSPS) is 9.95. The maximum absolute atomic E-state index is 5.38. The van der Waals surface area contributed by atoms with Gasteiger partial charge in [-0.2, -0.15) is 0 Å². The van der Waals surface area contributed by atoms with Crippen LogP contribution in [0.4, 0.5) is 0 Å². The van der Waals surface area contributed by atoms with Crippen molar-refractivity contribution >= 4 is 0 Å². The van der Waals surface area contributed by atoms with E-state index >= 15 is 0 Å². The van der Waals surface area contributed by atoms with Crippen molar-refractivity contribution in [3.8, 4) is 23.5 Å². The zero-order chi connectivity index (χ0) is 13.1. The first kappa shape index (κ1) is 11.3. The molecule has 0 fully saturated rings. The van der Waals surface area contributed by atoms with Crippen LogP contribution in [0.25, 0.3) is 11.7 Å². The van der Waals surface area contributed by atoms with Gasteiger partial charge in [0.25, 0.3) is 11.8 Å². The molecule has 0 aliphatic carbocycles. The Kier molecular flexibility index (Phi) is 2.87. The molecule has 4 heteroatoms. The highest BCUT2D eigenvalue weighted by atomic mass is 16.4. The largest absolute Gasteiger partial charge is 0.459 e. The van der Waals surface area contributed by atoms with Crippen LogP contribution in [0, 0.1) is 18.8 Å². The van der Waals surface area contributed by atoms with E-state index in [1.165, 1.54) is 5.56 Å². The van der Waals surface area contributed by atoms with Crippen molar-refractivity contribution in [2.45, 2.75) is 6.92 Å². The van der Waals surface area contributed by atoms with Crippen molar-refractivity contribution in [2.24, 2.45) is 0 Å². The summed E-state index contributed by atoms with van der Waals surface area (Å²) in [7, 11) is 0. The van der Waals surface area contributed by atoms with Crippen LogP contribution in [0.5, 0.6) is 0 Å². The Morgan fingerprint density at radius 3 is 2.58 bits per heavy atom. The van der Waals surface area contributed by atoms with Gasteiger partial charge in [-0.15, -0.1) is 5.10 Å². The third-order valence-corrected chi connectivity index (χ3v) is 2.52. The highest BCUT2D eigenvalue weighted by Gasteiger charge is 2.08. The van der Waals surface area contributed by atoms with E-state index in [0.717, 1.165) is 5.56 Å². The smallest absolute Gasteiger partial charge is 0.294 e. The van der Waals surface area contributed by atoms with Gasteiger partial charge in [0, 0.05) is 5.56 Å². The molecule has 0 amide bonds. The highest BCUT2D eigenvalue weighted by molar-refractivity contribution is 5.44. The molecule has 0 N–H and O–H groups in total. The maximum Gasteiger partial charge on any atom is 0.294 e. The minimum absolute atomic E-state index is 0.270. The average Bonchev–Trinajstić information content (AvgIpc) is 3.09. The summed E-state index contributed by atoms with van der Waals surface area (Å²) in [6.07, 6.45) is 1.55. The van der Waals surface area contributed by atoms with Crippen LogP contribution < -0.4 is 0 Å². The molecule has 0 saturated carbocycles. The number of aryl methyl sites for hydroxylation is 1. The number of hydrogen-bond acceptors (Lipinski definition) is 4. The monoisotopic (exact) mass is 250 g/mol. The molecule has 2 heterocycles. The molecular weight excluding hydrogens is 240 g/mol. The quantitative estimate of drug-likeness (QED) is 0.623. The lowest BCUT2D eigenvalue weighted by Crippen LogP contribution is -1.77. The molecular formula is C15H10N2O2. The van der Waals surface area contributed by atoms with Crippen molar-refractivity contribution in [1.82, 2.24) is 10.2 Å². The molecule has 0 bridgehead atoms. The molecule has 0 saturated heterocycles. The van der Waals surface area contributed by atoms with Gasteiger partial charge < -0.3 is 8.83 Å². The van der Waals surface area contributed by atoms with Crippen molar-refractivity contribution < 1.29 is 8.83 Å². The van der Waals surface area contributed by atoms with E-state index in [4.69, 9.17) is 8.83 Å². The Bertz CT molecular complexity index is 729. The lowest BCUT2D eigenvalue weighted by atomic mass is 10.2. The summed E-state index contributed by atoms with van der Waals surface area (Å²) in [5.74, 6) is 6.94. The fraction of sp³-hybridized carbons (Fsp3) is 0.0667. The summed E-state index contributed by atoms with van der Waals surface area (Å²) in [5, 5.41) is 7.73. The van der Waals surface area contributed by atoms with Gasteiger partial charge in [-0.25, -0.2) is 0 Å². The first-order chi connectivity index (χ1) is 9.31. The molecule has 1 aromatic carbocycles. The van der Waals surface area contributed by atoms with E-state index in [2.05, 4.69) is 22.0 Å². The third kappa shape index (κ3) is 2.55. The van der Waals surface area contributed by atoms with Gasteiger partial charge in [-0.3, -0.25) is 0 Å². The second-order valence-electron chi connectivity index (χ2n) is 4.01. The third-order valence-electron chi connectivity index (χ3n) is 2.52. The van der Waals surface area contributed by atoms with Crippen molar-refractivity contribution in [1.29, 1.82) is 0 Å².